The fraction of sp³-hybridized carbons (Fsp3) is 0.444. The first kappa shape index (κ1) is 23.7. The van der Waals surface area contributed by atoms with Gasteiger partial charge in [0.1, 0.15) is 16.9 Å². The van der Waals surface area contributed by atoms with E-state index in [2.05, 4.69) is 10.4 Å². The van der Waals surface area contributed by atoms with E-state index in [1.54, 1.807) is 40.1 Å². The van der Waals surface area contributed by atoms with E-state index in [4.69, 9.17) is 16.0 Å². The maximum absolute atomic E-state index is 14.0. The molecule has 2 aliphatic rings. The molecule has 1 N–H and O–H groups in total. The molecule has 2 aromatic heterocycles. The normalized spacial score (nSPS) is 21.3. The molecule has 184 valence electrons. The van der Waals surface area contributed by atoms with Crippen molar-refractivity contribution in [2.24, 2.45) is 0 Å². The molecule has 1 aliphatic heterocycles. The Morgan fingerprint density at radius 3 is 2.60 bits per heavy atom. The molecule has 5 rings (SSSR count). The van der Waals surface area contributed by atoms with Gasteiger partial charge in [-0.3, -0.25) is 19.2 Å². The van der Waals surface area contributed by atoms with Gasteiger partial charge < -0.3 is 9.73 Å². The molecular weight excluding hydrogens is 464 g/mol. The highest BCUT2D eigenvalue weighted by molar-refractivity contribution is 6.32. The van der Waals surface area contributed by atoms with Crippen LogP contribution in [0.3, 0.4) is 0 Å². The lowest BCUT2D eigenvalue weighted by Gasteiger charge is -2.44. The van der Waals surface area contributed by atoms with Crippen LogP contribution in [0.4, 0.5) is 5.69 Å². The third kappa shape index (κ3) is 4.38. The summed E-state index contributed by atoms with van der Waals surface area (Å²) in [6.07, 6.45) is 9.35. The summed E-state index contributed by atoms with van der Waals surface area (Å²) in [4.78, 5) is 29.6. The summed E-state index contributed by atoms with van der Waals surface area (Å²) in [5.41, 5.74) is 1.17. The lowest BCUT2D eigenvalue weighted by atomic mass is 9.91. The summed E-state index contributed by atoms with van der Waals surface area (Å²) in [5, 5.41) is 8.47. The fourth-order valence-corrected chi connectivity index (χ4v) is 5.45. The molecule has 2 amide bonds. The molecule has 0 bridgehead atoms. The highest BCUT2D eigenvalue weighted by Crippen LogP contribution is 2.37. The van der Waals surface area contributed by atoms with E-state index in [0.29, 0.717) is 27.9 Å². The second-order valence-corrected chi connectivity index (χ2v) is 10.3. The number of furan rings is 1. The average molecular weight is 495 g/mol. The topological polar surface area (TPSA) is 80.4 Å². The molecule has 0 saturated heterocycles. The van der Waals surface area contributed by atoms with Crippen molar-refractivity contribution >= 4 is 29.1 Å². The van der Waals surface area contributed by atoms with Gasteiger partial charge in [-0.2, -0.15) is 5.10 Å². The van der Waals surface area contributed by atoms with Crippen molar-refractivity contribution < 1.29 is 14.0 Å². The van der Waals surface area contributed by atoms with Crippen LogP contribution in [0.1, 0.15) is 67.9 Å². The number of hydrogen-bond donors (Lipinski definition) is 1. The van der Waals surface area contributed by atoms with Crippen LogP contribution < -0.4 is 10.2 Å². The van der Waals surface area contributed by atoms with Crippen LogP contribution in [0, 0.1) is 6.92 Å². The van der Waals surface area contributed by atoms with E-state index in [1.165, 1.54) is 19.3 Å². The lowest BCUT2D eigenvalue weighted by molar-refractivity contribution is -0.127. The molecule has 1 fully saturated rings. The first-order valence-corrected chi connectivity index (χ1v) is 12.8. The molecule has 35 heavy (non-hydrogen) atoms. The molecule has 1 aliphatic carbocycles. The van der Waals surface area contributed by atoms with Crippen molar-refractivity contribution in [2.45, 2.75) is 76.9 Å². The van der Waals surface area contributed by atoms with Crippen molar-refractivity contribution in [2.75, 3.05) is 4.90 Å². The minimum Gasteiger partial charge on any atom is -0.463 e. The average Bonchev–Trinajstić information content (AvgIpc) is 3.48. The van der Waals surface area contributed by atoms with Gasteiger partial charge in [-0.25, -0.2) is 0 Å². The molecular formula is C27H31ClN4O3. The number of nitrogens with zero attached hydrogens (tertiary/aromatic N) is 3. The lowest BCUT2D eigenvalue weighted by Crippen LogP contribution is -2.65. The van der Waals surface area contributed by atoms with E-state index in [-0.39, 0.29) is 24.4 Å². The molecule has 1 saturated carbocycles. The standard InChI is InChI=1S/C27H31ClN4O3/c1-18-20(28)12-8-13-22(18)32-25(33)23-16-21(24-14-9-15-35-24)30-31(23)17-27(32,2)26(34)29-19-10-6-4-3-5-7-11-19/h8-9,12-16,19H,3-7,10-11,17H2,1-2H3,(H,29,34). The van der Waals surface area contributed by atoms with Gasteiger partial charge in [0.15, 0.2) is 5.76 Å². The van der Waals surface area contributed by atoms with E-state index < -0.39 is 5.54 Å². The van der Waals surface area contributed by atoms with Crippen molar-refractivity contribution in [3.63, 3.8) is 0 Å². The maximum atomic E-state index is 14.0. The van der Waals surface area contributed by atoms with Crippen molar-refractivity contribution in [3.8, 4) is 11.5 Å². The Morgan fingerprint density at radius 2 is 1.89 bits per heavy atom. The summed E-state index contributed by atoms with van der Waals surface area (Å²) in [7, 11) is 0. The summed E-state index contributed by atoms with van der Waals surface area (Å²) < 4.78 is 7.14. The number of rotatable bonds is 4. The Morgan fingerprint density at radius 1 is 1.14 bits per heavy atom. The number of benzene rings is 1. The Hall–Kier alpha value is -3.06. The van der Waals surface area contributed by atoms with Crippen molar-refractivity contribution in [1.82, 2.24) is 15.1 Å². The predicted molar refractivity (Wildman–Crippen MR) is 136 cm³/mol. The molecule has 0 spiro atoms. The smallest absolute Gasteiger partial charge is 0.277 e. The number of hydrogen-bond acceptors (Lipinski definition) is 4. The van der Waals surface area contributed by atoms with Gasteiger partial charge in [-0.1, -0.05) is 49.8 Å². The largest absolute Gasteiger partial charge is 0.463 e. The molecule has 1 atom stereocenters. The Kier molecular flexibility index (Phi) is 6.45. The number of aromatic nitrogens is 2. The predicted octanol–water partition coefficient (Wildman–Crippen LogP) is 5.75. The molecule has 3 aromatic rings. The number of nitrogens with one attached hydrogen (secondary N) is 1. The monoisotopic (exact) mass is 494 g/mol. The minimum absolute atomic E-state index is 0.106. The summed E-state index contributed by atoms with van der Waals surface area (Å²) in [5.74, 6) is 0.115. The van der Waals surface area contributed by atoms with Crippen molar-refractivity contribution in [3.05, 3.63) is 58.9 Å². The first-order chi connectivity index (χ1) is 16.9. The van der Waals surface area contributed by atoms with Crippen LogP contribution in [-0.2, 0) is 11.3 Å². The molecule has 3 heterocycles. The quantitative estimate of drug-likeness (QED) is 0.500. The molecule has 1 aromatic carbocycles. The minimum atomic E-state index is -1.19. The van der Waals surface area contributed by atoms with Gasteiger partial charge in [0.2, 0.25) is 5.91 Å². The van der Waals surface area contributed by atoms with Crippen molar-refractivity contribution in [1.29, 1.82) is 0 Å². The highest BCUT2D eigenvalue weighted by Gasteiger charge is 2.49. The summed E-state index contributed by atoms with van der Waals surface area (Å²) >= 11 is 6.45. The number of carbonyl (C=O) groups is 2. The zero-order valence-electron chi connectivity index (χ0n) is 20.2. The molecule has 8 heteroatoms. The molecule has 0 radical (unpaired) electrons. The third-order valence-electron chi connectivity index (χ3n) is 7.34. The van der Waals surface area contributed by atoms with Gasteiger partial charge in [0.25, 0.3) is 5.91 Å². The Balaban J connectivity index is 1.55. The van der Waals surface area contributed by atoms with Gasteiger partial charge in [-0.05, 0) is 56.5 Å². The van der Waals surface area contributed by atoms with E-state index in [0.717, 1.165) is 31.2 Å². The summed E-state index contributed by atoms with van der Waals surface area (Å²) in [6, 6.07) is 10.9. The van der Waals surface area contributed by atoms with E-state index in [1.807, 2.05) is 26.0 Å². The van der Waals surface area contributed by atoms with Crippen LogP contribution in [0.15, 0.2) is 47.1 Å². The number of amides is 2. The number of carbonyl (C=O) groups excluding carboxylic acids is 2. The van der Waals surface area contributed by atoms with Gasteiger partial charge in [-0.15, -0.1) is 0 Å². The number of halogens is 1. The Labute approximate surface area is 210 Å². The van der Waals surface area contributed by atoms with Crippen LogP contribution >= 0.6 is 11.6 Å². The van der Waals surface area contributed by atoms with Crippen LogP contribution in [0.2, 0.25) is 5.02 Å². The second-order valence-electron chi connectivity index (χ2n) is 9.86. The fourth-order valence-electron chi connectivity index (χ4n) is 5.28. The first-order valence-electron chi connectivity index (χ1n) is 12.4. The van der Waals surface area contributed by atoms with Crippen LogP contribution in [0.5, 0.6) is 0 Å². The number of fused-ring (bicyclic) bond motifs is 1. The van der Waals surface area contributed by atoms with Gasteiger partial charge in [0.05, 0.1) is 12.8 Å². The summed E-state index contributed by atoms with van der Waals surface area (Å²) in [6.45, 7) is 3.91. The van der Waals surface area contributed by atoms with Crippen LogP contribution in [0.25, 0.3) is 11.5 Å². The molecule has 7 nitrogen and oxygen atoms in total. The third-order valence-corrected chi connectivity index (χ3v) is 7.75. The zero-order chi connectivity index (χ0) is 24.6. The number of anilines is 1. The van der Waals surface area contributed by atoms with Gasteiger partial charge >= 0.3 is 0 Å². The van der Waals surface area contributed by atoms with Gasteiger partial charge in [0, 0.05) is 22.8 Å². The second kappa shape index (κ2) is 9.53. The Bertz CT molecular complexity index is 1230. The highest BCUT2D eigenvalue weighted by atomic mass is 35.5. The molecule has 1 unspecified atom stereocenters. The van der Waals surface area contributed by atoms with E-state index in [9.17, 15) is 9.59 Å². The van der Waals surface area contributed by atoms with Crippen LogP contribution in [-0.4, -0.2) is 33.2 Å². The SMILES string of the molecule is Cc1c(Cl)cccc1N1C(=O)c2cc(-c3ccco3)nn2CC1(C)C(=O)NC1CCCCCCC1. The maximum Gasteiger partial charge on any atom is 0.277 e. The zero-order valence-corrected chi connectivity index (χ0v) is 21.0. The van der Waals surface area contributed by atoms with E-state index >= 15 is 0 Å².